The van der Waals surface area contributed by atoms with Gasteiger partial charge in [0.05, 0.1) is 0 Å². The minimum absolute atomic E-state index is 0.0458. The molecule has 4 aromatic carbocycles. The van der Waals surface area contributed by atoms with E-state index in [0.29, 0.717) is 25.7 Å². The van der Waals surface area contributed by atoms with Crippen LogP contribution in [0.4, 0.5) is 9.59 Å². The zero-order valence-electron chi connectivity index (χ0n) is 24.7. The molecule has 2 heterocycles. The molecule has 4 aliphatic rings. The first-order valence-electron chi connectivity index (χ1n) is 15.9. The van der Waals surface area contributed by atoms with Crippen molar-refractivity contribution in [1.29, 1.82) is 0 Å². The minimum atomic E-state index is -0.377. The van der Waals surface area contributed by atoms with E-state index in [1.54, 1.807) is 0 Å². The number of hydrogen-bond acceptors (Lipinski definition) is 4. The highest BCUT2D eigenvalue weighted by Gasteiger charge is 2.44. The van der Waals surface area contributed by atoms with Gasteiger partial charge >= 0.3 is 12.2 Å². The third-order valence-corrected chi connectivity index (χ3v) is 10.3. The summed E-state index contributed by atoms with van der Waals surface area (Å²) in [7, 11) is 0. The molecular formula is C38H36N2O4. The Labute approximate surface area is 258 Å². The predicted octanol–water partition coefficient (Wildman–Crippen LogP) is 7.72. The van der Waals surface area contributed by atoms with Crippen LogP contribution in [-0.4, -0.2) is 48.9 Å². The number of piperidine rings is 1. The Morgan fingerprint density at radius 3 is 1.48 bits per heavy atom. The molecule has 2 bridgehead atoms. The summed E-state index contributed by atoms with van der Waals surface area (Å²) in [6, 6.07) is 33.9. The number of nitrogens with one attached hydrogen (secondary N) is 1. The summed E-state index contributed by atoms with van der Waals surface area (Å²) < 4.78 is 11.8. The number of fused-ring (bicyclic) bond motifs is 8. The largest absolute Gasteiger partial charge is 0.449 e. The van der Waals surface area contributed by atoms with Crippen molar-refractivity contribution in [3.63, 3.8) is 0 Å². The Kier molecular flexibility index (Phi) is 6.85. The summed E-state index contributed by atoms with van der Waals surface area (Å²) in [4.78, 5) is 28.2. The third kappa shape index (κ3) is 4.64. The smallest absolute Gasteiger partial charge is 0.410 e. The Morgan fingerprint density at radius 1 is 0.614 bits per heavy atom. The van der Waals surface area contributed by atoms with Crippen molar-refractivity contribution in [2.45, 2.75) is 49.6 Å². The molecule has 2 aliphatic heterocycles. The number of amides is 2. The molecule has 0 aromatic heterocycles. The van der Waals surface area contributed by atoms with E-state index < -0.39 is 0 Å². The van der Waals surface area contributed by atoms with Crippen LogP contribution in [0.15, 0.2) is 97.1 Å². The number of hydrogen-bond donors (Lipinski definition) is 1. The zero-order valence-corrected chi connectivity index (χ0v) is 24.7. The number of benzene rings is 4. The van der Waals surface area contributed by atoms with Crippen molar-refractivity contribution in [2.24, 2.45) is 5.92 Å². The van der Waals surface area contributed by atoms with Crippen LogP contribution in [0.1, 0.15) is 59.8 Å². The predicted molar refractivity (Wildman–Crippen MR) is 170 cm³/mol. The standard InChI is InChI=1S/C38H36N2O4/c41-37(43-22-35-31-13-5-1-9-27(31)28-10-2-6-14-32(28)35)39-21-24-19-25-17-18-26(20-24)40(25)38(42)44-23-36-33-15-7-3-11-29(33)30-12-4-8-16-34(30)36/h1-16,24-26,35-36H,17-23H2,(H,39,41). The quantitative estimate of drug-likeness (QED) is 0.252. The Bertz CT molecular complexity index is 1630. The van der Waals surface area contributed by atoms with Gasteiger partial charge in [-0.15, -0.1) is 0 Å². The molecule has 6 heteroatoms. The molecule has 1 N–H and O–H groups in total. The van der Waals surface area contributed by atoms with Gasteiger partial charge in [0.1, 0.15) is 13.2 Å². The first-order valence-corrected chi connectivity index (χ1v) is 15.9. The van der Waals surface area contributed by atoms with Gasteiger partial charge in [0.15, 0.2) is 0 Å². The molecule has 2 atom stereocenters. The van der Waals surface area contributed by atoms with Gasteiger partial charge in [-0.2, -0.15) is 0 Å². The highest BCUT2D eigenvalue weighted by Crippen LogP contribution is 2.46. The lowest BCUT2D eigenvalue weighted by atomic mass is 9.91. The van der Waals surface area contributed by atoms with E-state index in [1.807, 2.05) is 17.0 Å². The topological polar surface area (TPSA) is 67.9 Å². The van der Waals surface area contributed by atoms with Gasteiger partial charge in [0.25, 0.3) is 0 Å². The van der Waals surface area contributed by atoms with Crippen LogP contribution in [-0.2, 0) is 9.47 Å². The number of nitrogens with zero attached hydrogens (tertiary/aromatic N) is 1. The second-order valence-corrected chi connectivity index (χ2v) is 12.6. The monoisotopic (exact) mass is 584 g/mol. The van der Waals surface area contributed by atoms with Crippen molar-refractivity contribution in [2.75, 3.05) is 19.8 Å². The third-order valence-electron chi connectivity index (χ3n) is 10.3. The lowest BCUT2D eigenvalue weighted by Gasteiger charge is -2.38. The van der Waals surface area contributed by atoms with Gasteiger partial charge in [-0.05, 0) is 76.1 Å². The van der Waals surface area contributed by atoms with Crippen LogP contribution in [0.3, 0.4) is 0 Å². The molecule has 2 fully saturated rings. The molecule has 2 unspecified atom stereocenters. The molecule has 0 radical (unpaired) electrons. The van der Waals surface area contributed by atoms with Crippen LogP contribution in [0, 0.1) is 5.92 Å². The number of rotatable bonds is 6. The summed E-state index contributed by atoms with van der Waals surface area (Å²) in [6.07, 6.45) is 3.11. The van der Waals surface area contributed by atoms with Crippen molar-refractivity contribution in [3.8, 4) is 22.3 Å². The summed E-state index contributed by atoms with van der Waals surface area (Å²) in [5.41, 5.74) is 9.76. The van der Waals surface area contributed by atoms with Crippen LogP contribution >= 0.6 is 0 Å². The molecule has 2 amide bonds. The van der Waals surface area contributed by atoms with E-state index in [9.17, 15) is 9.59 Å². The van der Waals surface area contributed by atoms with E-state index in [0.717, 1.165) is 25.7 Å². The average molecular weight is 585 g/mol. The first kappa shape index (κ1) is 27.0. The highest BCUT2D eigenvalue weighted by atomic mass is 16.6. The van der Waals surface area contributed by atoms with Gasteiger partial charge in [0, 0.05) is 30.5 Å². The van der Waals surface area contributed by atoms with E-state index >= 15 is 0 Å². The van der Waals surface area contributed by atoms with Gasteiger partial charge in [-0.3, -0.25) is 0 Å². The van der Waals surface area contributed by atoms with E-state index in [4.69, 9.17) is 9.47 Å². The highest BCUT2D eigenvalue weighted by molar-refractivity contribution is 5.80. The van der Waals surface area contributed by atoms with Gasteiger partial charge in [-0.25, -0.2) is 9.59 Å². The summed E-state index contributed by atoms with van der Waals surface area (Å²) >= 11 is 0. The van der Waals surface area contributed by atoms with Gasteiger partial charge in [0.2, 0.25) is 0 Å². The maximum Gasteiger partial charge on any atom is 0.410 e. The second-order valence-electron chi connectivity index (χ2n) is 12.6. The SMILES string of the molecule is O=C(NCC1CC2CCC(C1)N2C(=O)OCC1c2ccccc2-c2ccccc21)OCC1c2ccccc2-c2ccccc21. The molecule has 6 nitrogen and oxygen atoms in total. The molecular weight excluding hydrogens is 548 g/mol. The summed E-state index contributed by atoms with van der Waals surface area (Å²) in [5, 5.41) is 3.02. The molecule has 4 aromatic rings. The normalized spacial score (nSPS) is 21.3. The minimum Gasteiger partial charge on any atom is -0.449 e. The fraction of sp³-hybridized carbons (Fsp3) is 0.316. The first-order chi connectivity index (χ1) is 21.7. The molecule has 44 heavy (non-hydrogen) atoms. The molecule has 2 aliphatic carbocycles. The van der Waals surface area contributed by atoms with Crippen LogP contribution in [0.25, 0.3) is 22.3 Å². The number of ether oxygens (including phenoxy) is 2. The molecule has 2 saturated heterocycles. The van der Waals surface area contributed by atoms with Gasteiger partial charge in [-0.1, -0.05) is 97.1 Å². The second kappa shape index (κ2) is 11.2. The Balaban J connectivity index is 0.846. The molecule has 0 spiro atoms. The number of carbonyl (C=O) groups is 2. The lowest BCUT2D eigenvalue weighted by molar-refractivity contribution is 0.0552. The van der Waals surface area contributed by atoms with Crippen molar-refractivity contribution in [1.82, 2.24) is 10.2 Å². The number of alkyl carbamates (subject to hydrolysis) is 1. The van der Waals surface area contributed by atoms with E-state index in [-0.39, 0.29) is 36.1 Å². The van der Waals surface area contributed by atoms with E-state index in [1.165, 1.54) is 44.5 Å². The summed E-state index contributed by atoms with van der Waals surface area (Å²) in [5.74, 6) is 0.415. The van der Waals surface area contributed by atoms with Gasteiger partial charge < -0.3 is 19.7 Å². The van der Waals surface area contributed by atoms with Crippen LogP contribution < -0.4 is 5.32 Å². The fourth-order valence-corrected chi connectivity index (χ4v) is 8.30. The molecule has 8 rings (SSSR count). The Morgan fingerprint density at radius 2 is 1.02 bits per heavy atom. The lowest BCUT2D eigenvalue weighted by Crippen LogP contribution is -2.48. The molecule has 0 saturated carbocycles. The van der Waals surface area contributed by atoms with Crippen LogP contribution in [0.5, 0.6) is 0 Å². The fourth-order valence-electron chi connectivity index (χ4n) is 8.30. The zero-order chi connectivity index (χ0) is 29.6. The Hall–Kier alpha value is -4.58. The van der Waals surface area contributed by atoms with Crippen molar-refractivity contribution >= 4 is 12.2 Å². The maximum atomic E-state index is 13.4. The average Bonchev–Trinajstić information content (AvgIpc) is 3.66. The maximum absolute atomic E-state index is 13.4. The van der Waals surface area contributed by atoms with Crippen molar-refractivity contribution < 1.29 is 19.1 Å². The van der Waals surface area contributed by atoms with Crippen molar-refractivity contribution in [3.05, 3.63) is 119 Å². The van der Waals surface area contributed by atoms with Crippen LogP contribution in [0.2, 0.25) is 0 Å². The molecule has 222 valence electrons. The van der Waals surface area contributed by atoms with E-state index in [2.05, 4.69) is 90.2 Å². The number of carbonyl (C=O) groups excluding carboxylic acids is 2. The summed E-state index contributed by atoms with van der Waals surface area (Å²) in [6.45, 7) is 1.21.